The Bertz CT molecular complexity index is 3650. The number of benzene rings is 1. The number of pyridine rings is 3. The Morgan fingerprint density at radius 3 is 1.33 bits per heavy atom. The van der Waals surface area contributed by atoms with Crippen molar-refractivity contribution in [2.75, 3.05) is 58.9 Å². The van der Waals surface area contributed by atoms with Crippen molar-refractivity contribution in [3.63, 3.8) is 0 Å². The van der Waals surface area contributed by atoms with E-state index in [-0.39, 0.29) is 24.4 Å². The molecule has 13 rings (SSSR count). The Balaban J connectivity index is 0.000000159. The van der Waals surface area contributed by atoms with Crippen molar-refractivity contribution in [2.24, 2.45) is 47.3 Å². The maximum Gasteiger partial charge on any atom is 0.410 e. The second-order valence-electron chi connectivity index (χ2n) is 27.5. The normalized spacial score (nSPS) is 21.7. The molecule has 6 unspecified atom stereocenters. The number of halogens is 1. The fourth-order valence-electron chi connectivity index (χ4n) is 14.7. The predicted octanol–water partition coefficient (Wildman–Crippen LogP) is 15.1. The minimum Gasteiger partial charge on any atom is -0.473 e. The second kappa shape index (κ2) is 36.9. The highest BCUT2D eigenvalue weighted by Gasteiger charge is 2.46. The first-order chi connectivity index (χ1) is 47.8. The maximum absolute atomic E-state index is 12.4. The molecule has 0 spiro atoms. The van der Waals surface area contributed by atoms with Gasteiger partial charge in [0.05, 0.1) is 46.2 Å². The molecule has 7 aromatic rings. The molecule has 21 nitrogen and oxygen atoms in total. The van der Waals surface area contributed by atoms with E-state index in [2.05, 4.69) is 123 Å². The number of aryl methyl sites for hydroxylation is 3. The molecule has 99 heavy (non-hydrogen) atoms. The van der Waals surface area contributed by atoms with Gasteiger partial charge in [-0.1, -0.05) is 51.1 Å². The van der Waals surface area contributed by atoms with Crippen molar-refractivity contribution in [3.05, 3.63) is 155 Å². The van der Waals surface area contributed by atoms with Crippen molar-refractivity contribution >= 4 is 23.1 Å². The first-order valence-corrected chi connectivity index (χ1v) is 36.0. The van der Waals surface area contributed by atoms with E-state index >= 15 is 0 Å². The van der Waals surface area contributed by atoms with Gasteiger partial charge in [-0.25, -0.2) is 39.5 Å². The largest absolute Gasteiger partial charge is 0.473 e. The molecule has 22 heteroatoms. The number of carbonyl (C=O) groups is 2. The van der Waals surface area contributed by atoms with Gasteiger partial charge in [-0.2, -0.15) is 0 Å². The lowest BCUT2D eigenvalue weighted by atomic mass is 9.81. The molecule has 1 N–H and O–H groups in total. The first-order valence-electron chi connectivity index (χ1n) is 35.7. The molecule has 3 saturated carbocycles. The quantitative estimate of drug-likeness (QED) is 0.0742. The Morgan fingerprint density at radius 2 is 0.919 bits per heavy atom. The molecular formula is C77H104ClN13O8. The number of fused-ring (bicyclic) bond motifs is 6. The van der Waals surface area contributed by atoms with Crippen molar-refractivity contribution < 1.29 is 38.0 Å². The van der Waals surface area contributed by atoms with Crippen LogP contribution in [0, 0.1) is 88.9 Å². The molecule has 3 aliphatic heterocycles. The van der Waals surface area contributed by atoms with Crippen LogP contribution in [0.3, 0.4) is 0 Å². The summed E-state index contributed by atoms with van der Waals surface area (Å²) in [7, 11) is 0. The molecular weight excluding hydrogens is 1270 g/mol. The predicted molar refractivity (Wildman–Crippen MR) is 384 cm³/mol. The Kier molecular flexibility index (Phi) is 28.0. The third-order valence-corrected chi connectivity index (χ3v) is 20.3. The summed E-state index contributed by atoms with van der Waals surface area (Å²) >= 11 is 4.81. The zero-order valence-corrected chi connectivity index (χ0v) is 61.2. The second-order valence-corrected chi connectivity index (χ2v) is 27.8. The van der Waals surface area contributed by atoms with Gasteiger partial charge in [0.2, 0.25) is 23.5 Å². The number of ether oxygens (including phenoxy) is 6. The smallest absolute Gasteiger partial charge is 0.410 e. The summed E-state index contributed by atoms with van der Waals surface area (Å²) in [5.74, 6) is 9.44. The van der Waals surface area contributed by atoms with Crippen LogP contribution in [0.5, 0.6) is 40.8 Å². The van der Waals surface area contributed by atoms with E-state index in [4.69, 9.17) is 35.3 Å². The van der Waals surface area contributed by atoms with Crippen LogP contribution in [0.2, 0.25) is 0 Å². The van der Waals surface area contributed by atoms with Gasteiger partial charge in [0.15, 0.2) is 17.2 Å². The van der Waals surface area contributed by atoms with E-state index in [0.717, 1.165) is 140 Å². The third kappa shape index (κ3) is 21.1. The van der Waals surface area contributed by atoms with Gasteiger partial charge in [-0.15, -0.1) is 0 Å². The first kappa shape index (κ1) is 75.2. The van der Waals surface area contributed by atoms with Gasteiger partial charge in [-0.05, 0) is 231 Å². The zero-order valence-electron chi connectivity index (χ0n) is 60.4. The highest BCUT2D eigenvalue weighted by molar-refractivity contribution is 6.61. The Labute approximate surface area is 591 Å². The summed E-state index contributed by atoms with van der Waals surface area (Å²) in [6, 6.07) is 22.0. The van der Waals surface area contributed by atoms with Gasteiger partial charge in [0.1, 0.15) is 25.1 Å². The molecule has 1 aromatic carbocycles. The summed E-state index contributed by atoms with van der Waals surface area (Å²) in [5, 5.41) is 3.56. The number of likely N-dealkylation sites (tertiary alicyclic amines) is 2. The number of nitrogens with zero attached hydrogens (tertiary/aromatic N) is 12. The van der Waals surface area contributed by atoms with Crippen molar-refractivity contribution in [2.45, 2.75) is 166 Å². The molecule has 532 valence electrons. The molecule has 6 aliphatic rings. The standard InChI is InChI=1S/C25H28N4O2.C23H30N4O3.C19H24N4O.C6H15N.C4H7ClO2/c1-17-24(30-22-9-6-12-26-18(22)2)27-16-28-25(17)31-23-20-10-11-21(23)15-29(14-20)13-19-7-4-3-5-8-19;1-14(2)29-23(28)27-11-17-7-8-18(12-27)19(17)10-20-15(3)22(26-13-25-20)30-21-6-5-9-24-16(21)4;1-12-17(8-16-14-5-6-15(16)10-20-9-14)22-11-23-19(12)24-18-4-3-7-21-13(18)2;1-4-7(5-2)6-3;1-3(2)7-4(5)6/h3-9,12,16,20-21,23H,10-11,13-15H2,1-2H3;5-6,9,13-14,17-19H,7-8,10-12H2,1-4H3;3-4,7,11,14-16,20H,5-6,8-10H2,1-2H3;4-6H2,1-3H3;3H,1-2H3. The van der Waals surface area contributed by atoms with E-state index in [1.807, 2.05) is 89.8 Å². The number of nitrogens with one attached hydrogen (secondary N) is 1. The highest BCUT2D eigenvalue weighted by Crippen LogP contribution is 2.46. The molecule has 0 radical (unpaired) electrons. The lowest BCUT2D eigenvalue weighted by molar-refractivity contribution is 0.0274. The number of hydrogen-bond donors (Lipinski definition) is 1. The van der Waals surface area contributed by atoms with Crippen molar-refractivity contribution in [3.8, 4) is 40.8 Å². The Hall–Kier alpha value is -7.98. The van der Waals surface area contributed by atoms with Gasteiger partial charge < -0.3 is 43.5 Å². The molecule has 6 aromatic heterocycles. The van der Waals surface area contributed by atoms with Crippen LogP contribution in [-0.4, -0.2) is 148 Å². The number of carbonyl (C=O) groups excluding carboxylic acids is 2. The van der Waals surface area contributed by atoms with Crippen LogP contribution in [0.15, 0.2) is 104 Å². The lowest BCUT2D eigenvalue weighted by Gasteiger charge is -2.38. The van der Waals surface area contributed by atoms with E-state index in [0.29, 0.717) is 64.6 Å². The van der Waals surface area contributed by atoms with Gasteiger partial charge >= 0.3 is 11.5 Å². The molecule has 6 atom stereocenters. The number of rotatable bonds is 19. The minimum atomic E-state index is -0.741. The number of aromatic nitrogens is 9. The van der Waals surface area contributed by atoms with Gasteiger partial charge in [-0.3, -0.25) is 19.9 Å². The Morgan fingerprint density at radius 1 is 0.505 bits per heavy atom. The SMILES string of the molecule is CC(C)OC(=O)Cl.CCN(CC)CC.Cc1ncccc1Oc1ncnc(CC2C3CCC2CN(C(=O)OC(C)C)C3)c1C.Cc1ncccc1Oc1ncnc(CC2C3CCC2CNC3)c1C.Cc1ncccc1Oc1ncnc(OC2C3CCC2CN(Cc2ccccc2)C3)c1C. The zero-order chi connectivity index (χ0) is 70.5. The van der Waals surface area contributed by atoms with Crippen LogP contribution in [0.4, 0.5) is 9.59 Å². The van der Waals surface area contributed by atoms with Crippen LogP contribution in [0.25, 0.3) is 0 Å². The van der Waals surface area contributed by atoms with E-state index in [9.17, 15) is 9.59 Å². The van der Waals surface area contributed by atoms with Gasteiger partial charge in [0.25, 0.3) is 0 Å². The monoisotopic (exact) mass is 1370 g/mol. The molecule has 3 aliphatic carbocycles. The molecule has 1 amide bonds. The number of hydrogen-bond acceptors (Lipinski definition) is 20. The topological polar surface area (TPSA) is 227 Å². The number of piperidine rings is 3. The average molecular weight is 1380 g/mol. The molecule has 6 fully saturated rings. The van der Waals surface area contributed by atoms with Crippen molar-refractivity contribution in [1.29, 1.82) is 0 Å². The fourth-order valence-corrected chi connectivity index (χ4v) is 14.9. The summed E-state index contributed by atoms with van der Waals surface area (Å²) in [6.07, 6.45) is 19.2. The van der Waals surface area contributed by atoms with E-state index in [1.54, 1.807) is 45.1 Å². The van der Waals surface area contributed by atoms with Crippen molar-refractivity contribution in [1.82, 2.24) is 64.9 Å². The molecule has 3 saturated heterocycles. The summed E-state index contributed by atoms with van der Waals surface area (Å²) < 4.78 is 34.4. The van der Waals surface area contributed by atoms with Gasteiger partial charge in [0, 0.05) is 85.9 Å². The fraction of sp³-hybridized carbons (Fsp3) is 0.545. The van der Waals surface area contributed by atoms with Crippen LogP contribution in [0.1, 0.15) is 138 Å². The van der Waals surface area contributed by atoms with Crippen LogP contribution >= 0.6 is 11.6 Å². The van der Waals surface area contributed by atoms with E-state index in [1.165, 1.54) is 57.2 Å². The molecule has 6 bridgehead atoms. The summed E-state index contributed by atoms with van der Waals surface area (Å²) in [6.45, 7) is 36.2. The third-order valence-electron chi connectivity index (χ3n) is 20.2. The summed E-state index contributed by atoms with van der Waals surface area (Å²) in [4.78, 5) is 68.4. The lowest BCUT2D eigenvalue weighted by Crippen LogP contribution is -2.46. The van der Waals surface area contributed by atoms with Crippen LogP contribution < -0.4 is 24.3 Å². The summed E-state index contributed by atoms with van der Waals surface area (Å²) in [5.41, 5.74) is 8.18. The van der Waals surface area contributed by atoms with Crippen LogP contribution in [-0.2, 0) is 28.9 Å². The van der Waals surface area contributed by atoms with E-state index < -0.39 is 5.43 Å². The molecule has 9 heterocycles. The maximum atomic E-state index is 12.4. The highest BCUT2D eigenvalue weighted by atomic mass is 35.5. The number of amides is 1. The minimum absolute atomic E-state index is 0.0848. The average Bonchev–Trinajstić information content (AvgIpc) is 1.66.